The van der Waals surface area contributed by atoms with Crippen molar-refractivity contribution in [3.05, 3.63) is 18.5 Å². The van der Waals surface area contributed by atoms with Crippen LogP contribution < -0.4 is 4.90 Å². The zero-order valence-electron chi connectivity index (χ0n) is 9.90. The van der Waals surface area contributed by atoms with Crippen molar-refractivity contribution in [3.63, 3.8) is 0 Å². The maximum Gasteiger partial charge on any atom is 0.397 e. The fraction of sp³-hybridized carbons (Fsp3) is 0.455. The minimum Gasteiger partial charge on any atom is -0.453 e. The first-order chi connectivity index (χ1) is 7.31. The van der Waals surface area contributed by atoms with E-state index >= 15 is 0 Å². The van der Waals surface area contributed by atoms with E-state index in [4.69, 9.17) is 4.74 Å². The van der Waals surface area contributed by atoms with E-state index in [9.17, 15) is 9.59 Å². The number of likely N-dealkylation sites (N-methyl/N-ethyl adjacent to an activating group) is 1. The first kappa shape index (κ1) is 12.3. The van der Waals surface area contributed by atoms with Gasteiger partial charge in [0.05, 0.1) is 5.69 Å². The van der Waals surface area contributed by atoms with Crippen molar-refractivity contribution >= 4 is 17.6 Å². The van der Waals surface area contributed by atoms with Crippen LogP contribution in [0.2, 0.25) is 0 Å². The SMILES string of the molecule is CN(C(=O)C(=O)OC(C)(C)C)c1cc[nH]c1. The molecule has 16 heavy (non-hydrogen) atoms. The summed E-state index contributed by atoms with van der Waals surface area (Å²) in [5.74, 6) is -1.54. The monoisotopic (exact) mass is 224 g/mol. The summed E-state index contributed by atoms with van der Waals surface area (Å²) in [5.41, 5.74) is -0.0398. The van der Waals surface area contributed by atoms with Gasteiger partial charge >= 0.3 is 11.9 Å². The van der Waals surface area contributed by atoms with E-state index < -0.39 is 17.5 Å². The van der Waals surface area contributed by atoms with Gasteiger partial charge in [0.1, 0.15) is 5.60 Å². The van der Waals surface area contributed by atoms with Crippen LogP contribution in [0.25, 0.3) is 0 Å². The van der Waals surface area contributed by atoms with E-state index in [1.54, 1.807) is 39.2 Å². The summed E-state index contributed by atoms with van der Waals surface area (Å²) in [7, 11) is 1.52. The summed E-state index contributed by atoms with van der Waals surface area (Å²) >= 11 is 0. The number of aromatic amines is 1. The van der Waals surface area contributed by atoms with Gasteiger partial charge in [-0.25, -0.2) is 4.79 Å². The highest BCUT2D eigenvalue weighted by Gasteiger charge is 2.26. The van der Waals surface area contributed by atoms with Gasteiger partial charge in [0.25, 0.3) is 0 Å². The molecule has 1 heterocycles. The molecule has 1 amide bonds. The molecule has 5 heteroatoms. The Balaban J connectivity index is 2.68. The molecule has 0 saturated carbocycles. The van der Waals surface area contributed by atoms with Crippen LogP contribution in [0.4, 0.5) is 5.69 Å². The summed E-state index contributed by atoms with van der Waals surface area (Å²) in [6.07, 6.45) is 3.30. The maximum atomic E-state index is 11.7. The predicted octanol–water partition coefficient (Wildman–Crippen LogP) is 1.32. The molecular formula is C11H16N2O3. The van der Waals surface area contributed by atoms with Crippen LogP contribution in [0.5, 0.6) is 0 Å². The number of ether oxygens (including phenoxy) is 1. The molecule has 0 aromatic carbocycles. The second-order valence-corrected chi connectivity index (χ2v) is 4.44. The van der Waals surface area contributed by atoms with Gasteiger partial charge in [-0.3, -0.25) is 4.79 Å². The van der Waals surface area contributed by atoms with Crippen LogP contribution in [0.3, 0.4) is 0 Å². The number of nitrogens with zero attached hydrogens (tertiary/aromatic N) is 1. The molecule has 88 valence electrons. The molecule has 1 aromatic rings. The zero-order valence-corrected chi connectivity index (χ0v) is 9.90. The minimum absolute atomic E-state index is 0.621. The third kappa shape index (κ3) is 3.12. The summed E-state index contributed by atoms with van der Waals surface area (Å²) in [4.78, 5) is 27.2. The molecule has 0 aliphatic heterocycles. The van der Waals surface area contributed by atoms with Crippen LogP contribution >= 0.6 is 0 Å². The van der Waals surface area contributed by atoms with Crippen LogP contribution in [0, 0.1) is 0 Å². The molecule has 0 atom stereocenters. The Labute approximate surface area is 94.4 Å². The number of H-pyrrole nitrogens is 1. The van der Waals surface area contributed by atoms with Crippen molar-refractivity contribution in [1.29, 1.82) is 0 Å². The minimum atomic E-state index is -0.851. The topological polar surface area (TPSA) is 62.4 Å². The molecule has 1 aromatic heterocycles. The van der Waals surface area contributed by atoms with E-state index in [-0.39, 0.29) is 0 Å². The molecule has 0 saturated heterocycles. The number of nitrogens with one attached hydrogen (secondary N) is 1. The van der Waals surface area contributed by atoms with Gasteiger partial charge in [0.15, 0.2) is 0 Å². The molecule has 1 N–H and O–H groups in total. The third-order valence-electron chi connectivity index (χ3n) is 1.85. The highest BCUT2D eigenvalue weighted by Crippen LogP contribution is 2.13. The smallest absolute Gasteiger partial charge is 0.397 e. The molecule has 0 fully saturated rings. The first-order valence-electron chi connectivity index (χ1n) is 4.95. The van der Waals surface area contributed by atoms with Crippen LogP contribution in [0.15, 0.2) is 18.5 Å². The quantitative estimate of drug-likeness (QED) is 0.578. The highest BCUT2D eigenvalue weighted by atomic mass is 16.6. The first-order valence-corrected chi connectivity index (χ1v) is 4.95. The van der Waals surface area contributed by atoms with E-state index in [0.29, 0.717) is 5.69 Å². The Morgan fingerprint density at radius 1 is 1.38 bits per heavy atom. The second-order valence-electron chi connectivity index (χ2n) is 4.44. The molecule has 0 bridgehead atoms. The average molecular weight is 224 g/mol. The van der Waals surface area contributed by atoms with Gasteiger partial charge in [-0.15, -0.1) is 0 Å². The number of hydrogen-bond acceptors (Lipinski definition) is 3. The lowest BCUT2D eigenvalue weighted by atomic mass is 10.2. The molecule has 1 rings (SSSR count). The third-order valence-corrected chi connectivity index (χ3v) is 1.85. The number of amides is 1. The normalized spacial score (nSPS) is 11.0. The Morgan fingerprint density at radius 2 is 2.00 bits per heavy atom. The summed E-state index contributed by atoms with van der Waals surface area (Å²) in [6, 6.07) is 1.70. The number of rotatable bonds is 1. The lowest BCUT2D eigenvalue weighted by molar-refractivity contribution is -0.162. The van der Waals surface area contributed by atoms with Crippen molar-refractivity contribution in [3.8, 4) is 0 Å². The van der Waals surface area contributed by atoms with Gasteiger partial charge in [-0.1, -0.05) is 0 Å². The molecule has 0 spiro atoms. The molecule has 0 radical (unpaired) electrons. The number of carbonyl (C=O) groups is 2. The van der Waals surface area contributed by atoms with Crippen molar-refractivity contribution in [1.82, 2.24) is 4.98 Å². The van der Waals surface area contributed by atoms with Gasteiger partial charge in [0, 0.05) is 19.4 Å². The second kappa shape index (κ2) is 4.38. The molecular weight excluding hydrogens is 208 g/mol. The summed E-state index contributed by atoms with van der Waals surface area (Å²) < 4.78 is 4.98. The largest absolute Gasteiger partial charge is 0.453 e. The molecule has 0 aliphatic carbocycles. The number of hydrogen-bond donors (Lipinski definition) is 1. The zero-order chi connectivity index (χ0) is 12.3. The fourth-order valence-corrected chi connectivity index (χ4v) is 1.10. The number of esters is 1. The Morgan fingerprint density at radius 3 is 2.44 bits per heavy atom. The van der Waals surface area contributed by atoms with Gasteiger partial charge in [-0.2, -0.15) is 0 Å². The van der Waals surface area contributed by atoms with Crippen molar-refractivity contribution in [2.45, 2.75) is 26.4 Å². The van der Waals surface area contributed by atoms with Crippen molar-refractivity contribution in [2.75, 3.05) is 11.9 Å². The van der Waals surface area contributed by atoms with Gasteiger partial charge in [0.2, 0.25) is 0 Å². The van der Waals surface area contributed by atoms with Crippen molar-refractivity contribution < 1.29 is 14.3 Å². The lowest BCUT2D eigenvalue weighted by Crippen LogP contribution is -2.38. The maximum absolute atomic E-state index is 11.7. The summed E-state index contributed by atoms with van der Waals surface area (Å²) in [5, 5.41) is 0. The van der Waals surface area contributed by atoms with Crippen LogP contribution in [0.1, 0.15) is 20.8 Å². The Hall–Kier alpha value is -1.78. The fourth-order valence-electron chi connectivity index (χ4n) is 1.10. The van der Waals surface area contributed by atoms with E-state index in [1.807, 2.05) is 0 Å². The van der Waals surface area contributed by atoms with Crippen LogP contribution in [-0.2, 0) is 14.3 Å². The number of anilines is 1. The molecule has 0 aliphatic rings. The Kier molecular flexibility index (Phi) is 3.37. The van der Waals surface area contributed by atoms with Crippen LogP contribution in [-0.4, -0.2) is 29.5 Å². The highest BCUT2D eigenvalue weighted by molar-refractivity contribution is 6.38. The molecule has 0 unspecified atom stereocenters. The average Bonchev–Trinajstić information content (AvgIpc) is 2.65. The van der Waals surface area contributed by atoms with E-state index in [0.717, 1.165) is 0 Å². The van der Waals surface area contributed by atoms with E-state index in [1.165, 1.54) is 11.9 Å². The number of carbonyl (C=O) groups excluding carboxylic acids is 2. The Bertz CT molecular complexity index is 376. The van der Waals surface area contributed by atoms with Crippen molar-refractivity contribution in [2.24, 2.45) is 0 Å². The lowest BCUT2D eigenvalue weighted by Gasteiger charge is -2.21. The summed E-state index contributed by atoms with van der Waals surface area (Å²) in [6.45, 7) is 5.15. The predicted molar refractivity (Wildman–Crippen MR) is 60.0 cm³/mol. The van der Waals surface area contributed by atoms with Gasteiger partial charge in [-0.05, 0) is 26.8 Å². The molecule has 5 nitrogen and oxygen atoms in total. The standard InChI is InChI=1S/C11H16N2O3/c1-11(2,3)16-10(15)9(14)13(4)8-5-6-12-7-8/h5-7,12H,1-4H3. The van der Waals surface area contributed by atoms with E-state index in [2.05, 4.69) is 4.98 Å². The number of aromatic nitrogens is 1. The van der Waals surface area contributed by atoms with Gasteiger partial charge < -0.3 is 14.6 Å².